The second-order valence-corrected chi connectivity index (χ2v) is 4.72. The SMILES string of the molecule is CNC(=O)C(C)CN(C)C(=O)c1cccc(N)c1C. The molecule has 3 N–H and O–H groups in total. The second kappa shape index (κ2) is 6.22. The number of hydrogen-bond donors (Lipinski definition) is 2. The third-order valence-electron chi connectivity index (χ3n) is 3.19. The molecule has 0 bridgehead atoms. The van der Waals surface area contributed by atoms with E-state index in [1.165, 1.54) is 0 Å². The molecule has 1 aromatic rings. The monoisotopic (exact) mass is 263 g/mol. The minimum atomic E-state index is -0.250. The predicted octanol–water partition coefficient (Wildman–Crippen LogP) is 1.03. The number of nitrogens with two attached hydrogens (primary N) is 1. The lowest BCUT2D eigenvalue weighted by Gasteiger charge is -2.22. The number of nitrogens with zero attached hydrogens (tertiary/aromatic N) is 1. The highest BCUT2D eigenvalue weighted by molar-refractivity contribution is 5.97. The van der Waals surface area contributed by atoms with Crippen molar-refractivity contribution < 1.29 is 9.59 Å². The van der Waals surface area contributed by atoms with E-state index in [1.807, 2.05) is 6.92 Å². The lowest BCUT2D eigenvalue weighted by molar-refractivity contribution is -0.124. The fraction of sp³-hybridized carbons (Fsp3) is 0.429. The minimum absolute atomic E-state index is 0.0797. The van der Waals surface area contributed by atoms with Crippen LogP contribution in [0, 0.1) is 12.8 Å². The van der Waals surface area contributed by atoms with Crippen LogP contribution in [0.1, 0.15) is 22.8 Å². The summed E-state index contributed by atoms with van der Waals surface area (Å²) in [5.41, 5.74) is 7.74. The average Bonchev–Trinajstić information content (AvgIpc) is 2.39. The summed E-state index contributed by atoms with van der Waals surface area (Å²) >= 11 is 0. The summed E-state index contributed by atoms with van der Waals surface area (Å²) in [7, 11) is 3.27. The van der Waals surface area contributed by atoms with Crippen LogP contribution in [0.4, 0.5) is 5.69 Å². The Balaban J connectivity index is 2.83. The van der Waals surface area contributed by atoms with E-state index in [9.17, 15) is 9.59 Å². The van der Waals surface area contributed by atoms with E-state index in [-0.39, 0.29) is 17.7 Å². The fourth-order valence-corrected chi connectivity index (χ4v) is 1.91. The van der Waals surface area contributed by atoms with Gasteiger partial charge < -0.3 is 16.0 Å². The molecule has 0 aromatic heterocycles. The van der Waals surface area contributed by atoms with E-state index in [4.69, 9.17) is 5.73 Å². The molecular formula is C14H21N3O2. The molecule has 0 saturated carbocycles. The van der Waals surface area contributed by atoms with Gasteiger partial charge in [-0.3, -0.25) is 9.59 Å². The number of carbonyl (C=O) groups is 2. The fourth-order valence-electron chi connectivity index (χ4n) is 1.91. The van der Waals surface area contributed by atoms with Crippen LogP contribution in [0.3, 0.4) is 0 Å². The van der Waals surface area contributed by atoms with Crippen molar-refractivity contribution in [3.63, 3.8) is 0 Å². The smallest absolute Gasteiger partial charge is 0.253 e. The summed E-state index contributed by atoms with van der Waals surface area (Å²) in [4.78, 5) is 25.3. The van der Waals surface area contributed by atoms with Gasteiger partial charge in [-0.2, -0.15) is 0 Å². The Bertz CT molecular complexity index is 486. The standard InChI is InChI=1S/C14H21N3O2/c1-9(13(18)16-3)8-17(4)14(19)11-6-5-7-12(15)10(11)2/h5-7,9H,8,15H2,1-4H3,(H,16,18). The number of carbonyl (C=O) groups excluding carboxylic acids is 2. The molecule has 19 heavy (non-hydrogen) atoms. The molecule has 1 aromatic carbocycles. The van der Waals surface area contributed by atoms with Crippen LogP contribution in [0.5, 0.6) is 0 Å². The molecule has 0 heterocycles. The zero-order chi connectivity index (χ0) is 14.6. The van der Waals surface area contributed by atoms with Gasteiger partial charge in [0.05, 0.1) is 5.92 Å². The minimum Gasteiger partial charge on any atom is -0.398 e. The van der Waals surface area contributed by atoms with Crippen molar-refractivity contribution in [3.8, 4) is 0 Å². The van der Waals surface area contributed by atoms with E-state index in [0.29, 0.717) is 17.8 Å². The van der Waals surface area contributed by atoms with Crippen LogP contribution in [-0.4, -0.2) is 37.4 Å². The normalized spacial score (nSPS) is 11.8. The molecular weight excluding hydrogens is 242 g/mol. The molecule has 104 valence electrons. The molecule has 2 amide bonds. The first kappa shape index (κ1) is 15.0. The Morgan fingerprint density at radius 2 is 2.05 bits per heavy atom. The van der Waals surface area contributed by atoms with Crippen LogP contribution >= 0.6 is 0 Å². The number of amides is 2. The second-order valence-electron chi connectivity index (χ2n) is 4.72. The third-order valence-corrected chi connectivity index (χ3v) is 3.19. The van der Waals surface area contributed by atoms with Crippen molar-refractivity contribution in [2.75, 3.05) is 26.4 Å². The molecule has 0 aliphatic heterocycles. The molecule has 5 nitrogen and oxygen atoms in total. The van der Waals surface area contributed by atoms with Crippen molar-refractivity contribution in [2.45, 2.75) is 13.8 Å². The van der Waals surface area contributed by atoms with Crippen molar-refractivity contribution >= 4 is 17.5 Å². The molecule has 0 saturated heterocycles. The molecule has 0 fully saturated rings. The third kappa shape index (κ3) is 3.47. The molecule has 0 radical (unpaired) electrons. The van der Waals surface area contributed by atoms with Crippen LogP contribution in [0.25, 0.3) is 0 Å². The zero-order valence-corrected chi connectivity index (χ0v) is 11.9. The van der Waals surface area contributed by atoms with E-state index in [0.717, 1.165) is 5.56 Å². The number of anilines is 1. The Morgan fingerprint density at radius 1 is 1.42 bits per heavy atom. The highest BCUT2D eigenvalue weighted by Gasteiger charge is 2.19. The number of benzene rings is 1. The first-order valence-corrected chi connectivity index (χ1v) is 6.20. The quantitative estimate of drug-likeness (QED) is 0.797. The summed E-state index contributed by atoms with van der Waals surface area (Å²) < 4.78 is 0. The summed E-state index contributed by atoms with van der Waals surface area (Å²) in [6.45, 7) is 3.97. The van der Waals surface area contributed by atoms with Crippen molar-refractivity contribution in [3.05, 3.63) is 29.3 Å². The maximum Gasteiger partial charge on any atom is 0.253 e. The molecule has 1 atom stereocenters. The number of hydrogen-bond acceptors (Lipinski definition) is 3. The van der Waals surface area contributed by atoms with E-state index in [2.05, 4.69) is 5.32 Å². The summed E-state index contributed by atoms with van der Waals surface area (Å²) in [5, 5.41) is 2.57. The molecule has 0 aliphatic carbocycles. The summed E-state index contributed by atoms with van der Waals surface area (Å²) in [5.74, 6) is -0.454. The Kier molecular flexibility index (Phi) is 4.92. The van der Waals surface area contributed by atoms with Gasteiger partial charge in [0.2, 0.25) is 5.91 Å². The van der Waals surface area contributed by atoms with Crippen molar-refractivity contribution in [1.82, 2.24) is 10.2 Å². The molecule has 0 spiro atoms. The largest absolute Gasteiger partial charge is 0.398 e. The van der Waals surface area contributed by atoms with Gasteiger partial charge >= 0.3 is 0 Å². The number of nitrogens with one attached hydrogen (secondary N) is 1. The van der Waals surface area contributed by atoms with Gasteiger partial charge in [-0.25, -0.2) is 0 Å². The van der Waals surface area contributed by atoms with E-state index in [1.54, 1.807) is 44.1 Å². The Morgan fingerprint density at radius 3 is 2.63 bits per heavy atom. The summed E-state index contributed by atoms with van der Waals surface area (Å²) in [6, 6.07) is 5.26. The first-order valence-electron chi connectivity index (χ1n) is 6.20. The lowest BCUT2D eigenvalue weighted by Crippen LogP contribution is -2.37. The first-order chi connectivity index (χ1) is 8.88. The van der Waals surface area contributed by atoms with Crippen molar-refractivity contribution in [1.29, 1.82) is 0 Å². The number of rotatable bonds is 4. The van der Waals surface area contributed by atoms with Gasteiger partial charge in [-0.05, 0) is 24.6 Å². The van der Waals surface area contributed by atoms with E-state index >= 15 is 0 Å². The molecule has 5 heteroatoms. The molecule has 1 unspecified atom stereocenters. The number of nitrogen functional groups attached to an aromatic ring is 1. The predicted molar refractivity (Wildman–Crippen MR) is 75.8 cm³/mol. The maximum absolute atomic E-state index is 12.3. The van der Waals surface area contributed by atoms with E-state index < -0.39 is 0 Å². The van der Waals surface area contributed by atoms with Gasteiger partial charge in [-0.15, -0.1) is 0 Å². The molecule has 0 aliphatic rings. The Labute approximate surface area is 113 Å². The highest BCUT2D eigenvalue weighted by atomic mass is 16.2. The van der Waals surface area contributed by atoms with Gasteiger partial charge in [0, 0.05) is 31.9 Å². The van der Waals surface area contributed by atoms with Gasteiger partial charge in [0.25, 0.3) is 5.91 Å². The molecule has 1 rings (SSSR count). The Hall–Kier alpha value is -2.04. The highest BCUT2D eigenvalue weighted by Crippen LogP contribution is 2.17. The van der Waals surface area contributed by atoms with Crippen LogP contribution < -0.4 is 11.1 Å². The lowest BCUT2D eigenvalue weighted by atomic mass is 10.0. The summed E-state index contributed by atoms with van der Waals surface area (Å²) in [6.07, 6.45) is 0. The topological polar surface area (TPSA) is 75.4 Å². The van der Waals surface area contributed by atoms with Gasteiger partial charge in [0.1, 0.15) is 0 Å². The van der Waals surface area contributed by atoms with Crippen LogP contribution in [-0.2, 0) is 4.79 Å². The van der Waals surface area contributed by atoms with Gasteiger partial charge in [0.15, 0.2) is 0 Å². The van der Waals surface area contributed by atoms with Crippen LogP contribution in [0.15, 0.2) is 18.2 Å². The zero-order valence-electron chi connectivity index (χ0n) is 11.9. The van der Waals surface area contributed by atoms with Crippen LogP contribution in [0.2, 0.25) is 0 Å². The average molecular weight is 263 g/mol. The van der Waals surface area contributed by atoms with Crippen molar-refractivity contribution in [2.24, 2.45) is 5.92 Å². The van der Waals surface area contributed by atoms with Gasteiger partial charge in [-0.1, -0.05) is 13.0 Å². The maximum atomic E-state index is 12.3.